The summed E-state index contributed by atoms with van der Waals surface area (Å²) < 4.78 is 15.0. The van der Waals surface area contributed by atoms with Crippen molar-refractivity contribution in [3.63, 3.8) is 0 Å². The topological polar surface area (TPSA) is 94.1 Å². The minimum atomic E-state index is -1.00. The Morgan fingerprint density at radius 3 is 2.48 bits per heavy atom. The molecule has 0 aliphatic rings. The van der Waals surface area contributed by atoms with Gasteiger partial charge in [-0.15, -0.1) is 0 Å². The largest absolute Gasteiger partial charge is 0.480 e. The van der Waals surface area contributed by atoms with Crippen LogP contribution >= 0.6 is 0 Å². The van der Waals surface area contributed by atoms with Crippen molar-refractivity contribution in [2.75, 3.05) is 39.7 Å². The first-order valence-corrected chi connectivity index (χ1v) is 6.50. The number of carbonyl (C=O) groups excluding carboxylic acids is 1. The summed E-state index contributed by atoms with van der Waals surface area (Å²) in [5.74, 6) is -1.39. The Hall–Kier alpha value is -1.96. The number of carbonyl (C=O) groups is 2. The number of carboxylic acids is 1. The molecule has 21 heavy (non-hydrogen) atoms. The van der Waals surface area contributed by atoms with E-state index in [0.717, 1.165) is 0 Å². The first-order valence-electron chi connectivity index (χ1n) is 6.50. The number of esters is 1. The zero-order chi connectivity index (χ0) is 15.3. The maximum atomic E-state index is 11.5. The minimum Gasteiger partial charge on any atom is -0.480 e. The molecule has 116 valence electrons. The number of hydrogen-bond acceptors (Lipinski definition) is 6. The number of hydrogen-bond donors (Lipinski definition) is 2. The molecule has 7 nitrogen and oxygen atoms in total. The summed E-state index contributed by atoms with van der Waals surface area (Å²) in [6, 6.07) is 8.73. The fourth-order valence-electron chi connectivity index (χ4n) is 1.37. The predicted molar refractivity (Wildman–Crippen MR) is 74.0 cm³/mol. The molecule has 0 aliphatic carbocycles. The normalized spacial score (nSPS) is 10.3. The van der Waals surface area contributed by atoms with Crippen LogP contribution in [-0.4, -0.2) is 56.7 Å². The number of benzene rings is 1. The van der Waals surface area contributed by atoms with Gasteiger partial charge in [-0.05, 0) is 12.1 Å². The molecular formula is C14H19NO6. The molecule has 0 bridgehead atoms. The van der Waals surface area contributed by atoms with Crippen LogP contribution in [-0.2, 0) is 19.0 Å². The monoisotopic (exact) mass is 297 g/mol. The number of rotatable bonds is 11. The van der Waals surface area contributed by atoms with Crippen molar-refractivity contribution in [2.45, 2.75) is 0 Å². The fourth-order valence-corrected chi connectivity index (χ4v) is 1.37. The molecule has 7 heteroatoms. The fraction of sp³-hybridized carbons (Fsp3) is 0.429. The zero-order valence-corrected chi connectivity index (χ0v) is 11.6. The minimum absolute atomic E-state index is 0.104. The number of carboxylic acid groups (broad SMARTS) is 1. The lowest BCUT2D eigenvalue weighted by Gasteiger charge is -2.07. The van der Waals surface area contributed by atoms with Crippen LogP contribution in [0.25, 0.3) is 0 Å². The van der Waals surface area contributed by atoms with Crippen LogP contribution in [0.5, 0.6) is 0 Å². The third kappa shape index (κ3) is 8.74. The number of aliphatic carboxylic acids is 1. The van der Waals surface area contributed by atoms with Crippen molar-refractivity contribution >= 4 is 11.9 Å². The Balaban J connectivity index is 1.91. The lowest BCUT2D eigenvalue weighted by Crippen LogP contribution is -2.25. The van der Waals surface area contributed by atoms with Crippen molar-refractivity contribution in [1.82, 2.24) is 5.32 Å². The second-order valence-corrected chi connectivity index (χ2v) is 4.00. The molecule has 0 fully saturated rings. The van der Waals surface area contributed by atoms with Gasteiger partial charge in [-0.1, -0.05) is 18.2 Å². The van der Waals surface area contributed by atoms with Crippen molar-refractivity contribution in [3.8, 4) is 0 Å². The molecule has 0 heterocycles. The summed E-state index contributed by atoms with van der Waals surface area (Å²) >= 11 is 0. The first kappa shape index (κ1) is 17.1. The molecule has 0 atom stereocenters. The van der Waals surface area contributed by atoms with Crippen LogP contribution in [0, 0.1) is 0 Å². The van der Waals surface area contributed by atoms with Crippen LogP contribution < -0.4 is 5.32 Å². The van der Waals surface area contributed by atoms with Crippen molar-refractivity contribution in [1.29, 1.82) is 0 Å². The van der Waals surface area contributed by atoms with Crippen LogP contribution in [0.3, 0.4) is 0 Å². The van der Waals surface area contributed by atoms with E-state index in [0.29, 0.717) is 25.3 Å². The third-order valence-electron chi connectivity index (χ3n) is 2.34. The van der Waals surface area contributed by atoms with Gasteiger partial charge in [-0.2, -0.15) is 0 Å². The molecule has 1 aromatic carbocycles. The number of ether oxygens (including phenoxy) is 3. The third-order valence-corrected chi connectivity index (χ3v) is 2.34. The molecular weight excluding hydrogens is 278 g/mol. The van der Waals surface area contributed by atoms with Crippen molar-refractivity contribution in [3.05, 3.63) is 35.9 Å². The average Bonchev–Trinajstić information content (AvgIpc) is 2.49. The van der Waals surface area contributed by atoms with Gasteiger partial charge in [0.15, 0.2) is 0 Å². The number of nitrogens with one attached hydrogen (secondary N) is 1. The van der Waals surface area contributed by atoms with E-state index in [4.69, 9.17) is 19.3 Å². The van der Waals surface area contributed by atoms with Gasteiger partial charge in [-0.25, -0.2) is 9.59 Å². The summed E-state index contributed by atoms with van der Waals surface area (Å²) in [4.78, 5) is 21.7. The SMILES string of the molecule is O=C(O)COCCOCCNCOC(=O)c1ccccc1. The molecule has 0 unspecified atom stereocenters. The lowest BCUT2D eigenvalue weighted by molar-refractivity contribution is -0.142. The molecule has 0 saturated carbocycles. The van der Waals surface area contributed by atoms with Crippen LogP contribution in [0.4, 0.5) is 0 Å². The molecule has 0 spiro atoms. The quantitative estimate of drug-likeness (QED) is 0.349. The van der Waals surface area contributed by atoms with Gasteiger partial charge in [-0.3, -0.25) is 5.32 Å². The van der Waals surface area contributed by atoms with E-state index in [1.54, 1.807) is 24.3 Å². The summed E-state index contributed by atoms with van der Waals surface area (Å²) in [5, 5.41) is 11.2. The van der Waals surface area contributed by atoms with Crippen LogP contribution in [0.1, 0.15) is 10.4 Å². The van der Waals surface area contributed by atoms with E-state index in [1.165, 1.54) is 0 Å². The highest BCUT2D eigenvalue weighted by atomic mass is 16.5. The van der Waals surface area contributed by atoms with Gasteiger partial charge in [0.05, 0.1) is 25.4 Å². The summed E-state index contributed by atoms with van der Waals surface area (Å²) in [6.07, 6.45) is 0. The van der Waals surface area contributed by atoms with Gasteiger partial charge in [0.2, 0.25) is 0 Å². The smallest absolute Gasteiger partial charge is 0.339 e. The molecule has 0 saturated heterocycles. The highest BCUT2D eigenvalue weighted by Gasteiger charge is 2.04. The molecule has 0 aliphatic heterocycles. The Kier molecular flexibility index (Phi) is 8.78. The maximum Gasteiger partial charge on any atom is 0.339 e. The van der Waals surface area contributed by atoms with E-state index in [-0.39, 0.29) is 25.9 Å². The van der Waals surface area contributed by atoms with Gasteiger partial charge in [0.1, 0.15) is 13.3 Å². The van der Waals surface area contributed by atoms with Crippen molar-refractivity contribution < 1.29 is 28.9 Å². The Morgan fingerprint density at radius 2 is 1.76 bits per heavy atom. The summed E-state index contributed by atoms with van der Waals surface area (Å²) in [5.41, 5.74) is 0.506. The molecule has 2 N–H and O–H groups in total. The Labute approximate surface area is 122 Å². The lowest BCUT2D eigenvalue weighted by atomic mass is 10.2. The van der Waals surface area contributed by atoms with Crippen LogP contribution in [0.2, 0.25) is 0 Å². The van der Waals surface area contributed by atoms with Crippen LogP contribution in [0.15, 0.2) is 30.3 Å². The standard InChI is InChI=1S/C14H19NO6/c16-13(17)10-20-9-8-19-7-6-15-11-21-14(18)12-4-2-1-3-5-12/h1-5,15H,6-11H2,(H,16,17). The maximum absolute atomic E-state index is 11.5. The summed E-state index contributed by atoms with van der Waals surface area (Å²) in [6.45, 7) is 1.26. The van der Waals surface area contributed by atoms with Gasteiger partial charge >= 0.3 is 11.9 Å². The first-order chi connectivity index (χ1) is 10.2. The highest BCUT2D eigenvalue weighted by Crippen LogP contribution is 1.99. The Morgan fingerprint density at radius 1 is 1.05 bits per heavy atom. The molecule has 0 radical (unpaired) electrons. The van der Waals surface area contributed by atoms with E-state index < -0.39 is 5.97 Å². The average molecular weight is 297 g/mol. The molecule has 1 aromatic rings. The van der Waals surface area contributed by atoms with Gasteiger partial charge in [0.25, 0.3) is 0 Å². The second-order valence-electron chi connectivity index (χ2n) is 4.00. The molecule has 0 amide bonds. The molecule has 1 rings (SSSR count). The zero-order valence-electron chi connectivity index (χ0n) is 11.6. The second kappa shape index (κ2) is 10.8. The molecule has 0 aromatic heterocycles. The van der Waals surface area contributed by atoms with E-state index in [2.05, 4.69) is 5.32 Å². The Bertz CT molecular complexity index is 423. The summed E-state index contributed by atoms with van der Waals surface area (Å²) in [7, 11) is 0. The van der Waals surface area contributed by atoms with Gasteiger partial charge < -0.3 is 19.3 Å². The van der Waals surface area contributed by atoms with E-state index in [9.17, 15) is 9.59 Å². The van der Waals surface area contributed by atoms with E-state index >= 15 is 0 Å². The highest BCUT2D eigenvalue weighted by molar-refractivity contribution is 5.89. The van der Waals surface area contributed by atoms with E-state index in [1.807, 2.05) is 6.07 Å². The van der Waals surface area contributed by atoms with Gasteiger partial charge in [0, 0.05) is 6.54 Å². The van der Waals surface area contributed by atoms with Crippen molar-refractivity contribution in [2.24, 2.45) is 0 Å². The predicted octanol–water partition coefficient (Wildman–Crippen LogP) is 0.508.